The minimum Gasteiger partial charge on any atom is -0.714 e. The standard InChI is InChI=1S/C20H29NO13S3.K/c1-11(22)29-10-15-17(30-12(2)23)18(31-13(3)24)19(32-14(4)25)20(33-15)36-16(8-6-7-9-35-5)21-34-37(26,27)28;/h7,9,15,17-20H,6,8,10H2,1-5H3,(H,26,27,28);/q;+1/p-1/b9-7+,21-16+;/t15-,17-,18+,19-,20+;/m1./s1. The maximum absolute atomic E-state index is 11.9. The third kappa shape index (κ3) is 15.2. The topological polar surface area (TPSA) is 193 Å². The van der Waals surface area contributed by atoms with Crippen molar-refractivity contribution in [3.8, 4) is 0 Å². The zero-order valence-corrected chi connectivity index (χ0v) is 27.2. The van der Waals surface area contributed by atoms with Crippen molar-refractivity contribution < 1.29 is 112 Å². The fourth-order valence-electron chi connectivity index (χ4n) is 3.00. The summed E-state index contributed by atoms with van der Waals surface area (Å²) in [4.78, 5) is 47.0. The third-order valence-electron chi connectivity index (χ3n) is 4.19. The predicted molar refractivity (Wildman–Crippen MR) is 130 cm³/mol. The number of nitrogens with zero attached hydrogens (tertiary/aromatic N) is 1. The number of ether oxygens (including phenoxy) is 5. The van der Waals surface area contributed by atoms with E-state index in [9.17, 15) is 32.1 Å². The Hall–Kier alpha value is -0.704. The Balaban J connectivity index is 0.0000137. The van der Waals surface area contributed by atoms with Crippen LogP contribution in [0.15, 0.2) is 16.6 Å². The molecule has 18 heteroatoms. The number of allylic oxidation sites excluding steroid dienone is 1. The van der Waals surface area contributed by atoms with E-state index in [-0.39, 0.29) is 62.8 Å². The zero-order valence-electron chi connectivity index (χ0n) is 21.6. The Morgan fingerprint density at radius 1 is 0.947 bits per heavy atom. The minimum absolute atomic E-state index is 0. The van der Waals surface area contributed by atoms with Crippen molar-refractivity contribution in [1.82, 2.24) is 0 Å². The first kappa shape index (κ1) is 37.3. The van der Waals surface area contributed by atoms with Gasteiger partial charge in [-0.05, 0) is 18.1 Å². The van der Waals surface area contributed by atoms with Gasteiger partial charge in [0.1, 0.15) is 23.2 Å². The van der Waals surface area contributed by atoms with Crippen LogP contribution in [0.3, 0.4) is 0 Å². The maximum atomic E-state index is 11.9. The fourth-order valence-corrected chi connectivity index (χ4v) is 4.69. The van der Waals surface area contributed by atoms with Crippen molar-refractivity contribution in [2.24, 2.45) is 5.16 Å². The Kier molecular flexibility index (Phi) is 18.3. The van der Waals surface area contributed by atoms with E-state index >= 15 is 0 Å². The molecule has 0 radical (unpaired) electrons. The van der Waals surface area contributed by atoms with Gasteiger partial charge in [-0.3, -0.25) is 23.5 Å². The number of rotatable bonds is 12. The first-order valence-corrected chi connectivity index (χ1v) is 14.1. The van der Waals surface area contributed by atoms with Gasteiger partial charge in [0, 0.05) is 34.1 Å². The zero-order chi connectivity index (χ0) is 28.2. The number of oxime groups is 1. The Morgan fingerprint density at radius 2 is 1.50 bits per heavy atom. The molecule has 0 unspecified atom stereocenters. The monoisotopic (exact) mass is 625 g/mol. The molecular weight excluding hydrogens is 598 g/mol. The average Bonchev–Trinajstić information content (AvgIpc) is 2.75. The molecule has 14 nitrogen and oxygen atoms in total. The summed E-state index contributed by atoms with van der Waals surface area (Å²) < 4.78 is 63.8. The van der Waals surface area contributed by atoms with E-state index in [2.05, 4.69) is 9.44 Å². The molecule has 5 atom stereocenters. The molecule has 1 aliphatic rings. The summed E-state index contributed by atoms with van der Waals surface area (Å²) in [5.41, 5.74) is -1.26. The number of esters is 4. The van der Waals surface area contributed by atoms with Crippen LogP contribution in [0.5, 0.6) is 0 Å². The summed E-state index contributed by atoms with van der Waals surface area (Å²) in [5, 5.41) is 5.11. The van der Waals surface area contributed by atoms with Crippen LogP contribution >= 0.6 is 23.5 Å². The van der Waals surface area contributed by atoms with Gasteiger partial charge in [-0.2, -0.15) is 8.42 Å². The van der Waals surface area contributed by atoms with E-state index in [1.807, 2.05) is 6.26 Å². The Morgan fingerprint density at radius 3 is 2.00 bits per heavy atom. The molecule has 1 fully saturated rings. The molecule has 0 aromatic carbocycles. The molecule has 0 aromatic rings. The first-order chi connectivity index (χ1) is 17.2. The van der Waals surface area contributed by atoms with Gasteiger partial charge in [0.05, 0.1) is 0 Å². The van der Waals surface area contributed by atoms with Crippen molar-refractivity contribution in [2.75, 3.05) is 12.9 Å². The second-order valence-corrected chi connectivity index (χ2v) is 10.2. The molecule has 0 aromatic heterocycles. The molecule has 0 bridgehead atoms. The van der Waals surface area contributed by atoms with Gasteiger partial charge in [-0.1, -0.05) is 23.0 Å². The molecule has 1 rings (SSSR count). The van der Waals surface area contributed by atoms with Crippen LogP contribution in [0.2, 0.25) is 0 Å². The smallest absolute Gasteiger partial charge is 0.714 e. The first-order valence-electron chi connectivity index (χ1n) is 10.6. The fraction of sp³-hybridized carbons (Fsp3) is 0.650. The summed E-state index contributed by atoms with van der Waals surface area (Å²) in [6.07, 6.45) is -1.39. The number of thioether (sulfide) groups is 2. The van der Waals surface area contributed by atoms with Crippen molar-refractivity contribution in [3.63, 3.8) is 0 Å². The number of hydrogen-bond donors (Lipinski definition) is 0. The van der Waals surface area contributed by atoms with Crippen LogP contribution in [0.1, 0.15) is 40.5 Å². The molecular formula is C20H28KNO13S3. The van der Waals surface area contributed by atoms with Crippen LogP contribution in [-0.2, 0) is 57.5 Å². The second kappa shape index (κ2) is 18.6. The molecule has 210 valence electrons. The molecule has 38 heavy (non-hydrogen) atoms. The molecule has 0 aliphatic carbocycles. The van der Waals surface area contributed by atoms with E-state index < -0.39 is 70.7 Å². The van der Waals surface area contributed by atoms with E-state index in [4.69, 9.17) is 23.7 Å². The van der Waals surface area contributed by atoms with Gasteiger partial charge >= 0.3 is 75.3 Å². The molecule has 0 amide bonds. The van der Waals surface area contributed by atoms with Crippen LogP contribution < -0.4 is 51.4 Å². The molecule has 1 saturated heterocycles. The molecule has 0 spiro atoms. The SMILES string of the molecule is CS/C=C/CC/C(=N\OS(=O)(=O)[O-])S[C@@H]1O[C@H](COC(C)=O)[C@@H](OC(C)=O)[C@H](OC(C)=O)[C@H]1OC(C)=O.[K+]. The van der Waals surface area contributed by atoms with Gasteiger partial charge in [0.15, 0.2) is 18.3 Å². The van der Waals surface area contributed by atoms with Crippen LogP contribution in [0.4, 0.5) is 0 Å². The van der Waals surface area contributed by atoms with Gasteiger partial charge in [0.25, 0.3) is 10.4 Å². The average molecular weight is 626 g/mol. The number of carbonyl (C=O) groups excluding carboxylic acids is 4. The van der Waals surface area contributed by atoms with Crippen LogP contribution in [0.25, 0.3) is 0 Å². The van der Waals surface area contributed by atoms with Crippen molar-refractivity contribution in [2.45, 2.75) is 70.4 Å². The number of hydrogen-bond acceptors (Lipinski definition) is 16. The largest absolute Gasteiger partial charge is 1.00 e. The van der Waals surface area contributed by atoms with Gasteiger partial charge < -0.3 is 28.2 Å². The Labute approximate surface area is 271 Å². The summed E-state index contributed by atoms with van der Waals surface area (Å²) in [5.74, 6) is -3.09. The van der Waals surface area contributed by atoms with Crippen molar-refractivity contribution >= 4 is 62.8 Å². The summed E-state index contributed by atoms with van der Waals surface area (Å²) in [7, 11) is -5.19. The van der Waals surface area contributed by atoms with Gasteiger partial charge in [0.2, 0.25) is 0 Å². The van der Waals surface area contributed by atoms with Crippen LogP contribution in [-0.4, -0.2) is 84.6 Å². The van der Waals surface area contributed by atoms with Crippen molar-refractivity contribution in [1.29, 1.82) is 0 Å². The van der Waals surface area contributed by atoms with Crippen LogP contribution in [0, 0.1) is 0 Å². The van der Waals surface area contributed by atoms with Gasteiger partial charge in [-0.15, -0.1) is 11.8 Å². The quantitative estimate of drug-likeness (QED) is 0.0346. The summed E-state index contributed by atoms with van der Waals surface area (Å²) >= 11 is 2.13. The molecule has 0 saturated carbocycles. The minimum atomic E-state index is -5.19. The van der Waals surface area contributed by atoms with E-state index in [0.717, 1.165) is 27.7 Å². The van der Waals surface area contributed by atoms with Crippen molar-refractivity contribution in [3.05, 3.63) is 11.5 Å². The molecule has 1 aliphatic heterocycles. The maximum Gasteiger partial charge on any atom is 1.00 e. The summed E-state index contributed by atoms with van der Waals surface area (Å²) in [6.45, 7) is 3.93. The normalized spacial score (nSPS) is 23.6. The number of carbonyl (C=O) groups is 4. The van der Waals surface area contributed by atoms with Gasteiger partial charge in [-0.25, -0.2) is 0 Å². The third-order valence-corrected chi connectivity index (χ3v) is 6.07. The van der Waals surface area contributed by atoms with E-state index in [1.54, 1.807) is 11.5 Å². The second-order valence-electron chi connectivity index (χ2n) is 7.30. The molecule has 0 N–H and O–H groups in total. The predicted octanol–water partition coefficient (Wildman–Crippen LogP) is -1.75. The van der Waals surface area contributed by atoms with E-state index in [1.165, 1.54) is 11.8 Å². The van der Waals surface area contributed by atoms with E-state index in [0.29, 0.717) is 18.2 Å². The Bertz CT molecular complexity index is 989. The molecule has 1 heterocycles. The summed E-state index contributed by atoms with van der Waals surface area (Å²) in [6, 6.07) is 0.